The molecular weight excluding hydrogens is 384 g/mol. The molecule has 1 saturated carbocycles. The SMILES string of the molecule is O=C(COC(=O)CCc1nc(-c2cccs2)no1)NC(=O)NC1CCCCC1. The molecule has 2 heterocycles. The number of aryl methyl sites for hydroxylation is 1. The van der Waals surface area contributed by atoms with E-state index in [9.17, 15) is 14.4 Å². The maximum atomic E-state index is 11.8. The van der Waals surface area contributed by atoms with Gasteiger partial charge in [-0.05, 0) is 24.3 Å². The molecule has 2 N–H and O–H groups in total. The summed E-state index contributed by atoms with van der Waals surface area (Å²) in [5, 5.41) is 10.7. The zero-order valence-electron chi connectivity index (χ0n) is 15.3. The quantitative estimate of drug-likeness (QED) is 0.677. The summed E-state index contributed by atoms with van der Waals surface area (Å²) < 4.78 is 9.97. The summed E-state index contributed by atoms with van der Waals surface area (Å²) in [5.74, 6) is -0.462. The zero-order valence-corrected chi connectivity index (χ0v) is 16.1. The van der Waals surface area contributed by atoms with Gasteiger partial charge in [-0.15, -0.1) is 11.3 Å². The molecule has 10 heteroatoms. The molecule has 0 aliphatic heterocycles. The first-order chi connectivity index (χ1) is 13.6. The van der Waals surface area contributed by atoms with Crippen molar-refractivity contribution in [1.82, 2.24) is 20.8 Å². The van der Waals surface area contributed by atoms with Crippen LogP contribution in [0.3, 0.4) is 0 Å². The largest absolute Gasteiger partial charge is 0.456 e. The van der Waals surface area contributed by atoms with E-state index >= 15 is 0 Å². The lowest BCUT2D eigenvalue weighted by molar-refractivity contribution is -0.148. The fraction of sp³-hybridized carbons (Fsp3) is 0.500. The number of esters is 1. The summed E-state index contributed by atoms with van der Waals surface area (Å²) in [6, 6.07) is 3.29. The lowest BCUT2D eigenvalue weighted by Gasteiger charge is -2.22. The number of hydrogen-bond acceptors (Lipinski definition) is 8. The number of hydrogen-bond donors (Lipinski definition) is 2. The molecule has 0 bridgehead atoms. The average Bonchev–Trinajstić information content (AvgIpc) is 3.37. The Kier molecular flexibility index (Phi) is 7.12. The number of amides is 3. The van der Waals surface area contributed by atoms with Gasteiger partial charge in [0.25, 0.3) is 5.91 Å². The predicted molar refractivity (Wildman–Crippen MR) is 100 cm³/mol. The van der Waals surface area contributed by atoms with Crippen molar-refractivity contribution in [1.29, 1.82) is 0 Å². The minimum absolute atomic E-state index is 0.00633. The van der Waals surface area contributed by atoms with E-state index in [1.54, 1.807) is 0 Å². The van der Waals surface area contributed by atoms with Gasteiger partial charge in [-0.25, -0.2) is 4.79 Å². The van der Waals surface area contributed by atoms with Crippen LogP contribution in [0.2, 0.25) is 0 Å². The van der Waals surface area contributed by atoms with Crippen LogP contribution < -0.4 is 10.6 Å². The van der Waals surface area contributed by atoms with Crippen LogP contribution in [0.15, 0.2) is 22.0 Å². The van der Waals surface area contributed by atoms with E-state index < -0.39 is 24.5 Å². The third-order valence-electron chi connectivity index (χ3n) is 4.31. The second-order valence-corrected chi connectivity index (χ2v) is 7.45. The Morgan fingerprint density at radius 2 is 2.07 bits per heavy atom. The van der Waals surface area contributed by atoms with Crippen LogP contribution in [0, 0.1) is 0 Å². The minimum atomic E-state index is -0.667. The number of carbonyl (C=O) groups excluding carboxylic acids is 3. The molecule has 0 radical (unpaired) electrons. The Morgan fingerprint density at radius 1 is 1.25 bits per heavy atom. The molecule has 0 spiro atoms. The van der Waals surface area contributed by atoms with Crippen molar-refractivity contribution in [2.24, 2.45) is 0 Å². The van der Waals surface area contributed by atoms with E-state index in [2.05, 4.69) is 20.8 Å². The number of nitrogens with zero attached hydrogens (tertiary/aromatic N) is 2. The topological polar surface area (TPSA) is 123 Å². The van der Waals surface area contributed by atoms with E-state index in [0.717, 1.165) is 30.6 Å². The molecule has 150 valence electrons. The summed E-state index contributed by atoms with van der Waals surface area (Å²) in [5.41, 5.74) is 0. The van der Waals surface area contributed by atoms with Gasteiger partial charge in [0.1, 0.15) is 0 Å². The van der Waals surface area contributed by atoms with Gasteiger partial charge >= 0.3 is 12.0 Å². The van der Waals surface area contributed by atoms with Crippen LogP contribution >= 0.6 is 11.3 Å². The number of urea groups is 1. The fourth-order valence-corrected chi connectivity index (χ4v) is 3.57. The maximum Gasteiger partial charge on any atom is 0.321 e. The number of imide groups is 1. The summed E-state index contributed by atoms with van der Waals surface area (Å²) in [6.07, 6.45) is 5.36. The number of rotatable bonds is 7. The van der Waals surface area contributed by atoms with Gasteiger partial charge in [0.2, 0.25) is 11.7 Å². The zero-order chi connectivity index (χ0) is 19.8. The number of thiophene rings is 1. The summed E-state index contributed by atoms with van der Waals surface area (Å²) in [6.45, 7) is -0.513. The second-order valence-electron chi connectivity index (χ2n) is 6.51. The highest BCUT2D eigenvalue weighted by atomic mass is 32.1. The molecule has 0 atom stereocenters. The predicted octanol–water partition coefficient (Wildman–Crippen LogP) is 2.43. The lowest BCUT2D eigenvalue weighted by atomic mass is 9.96. The van der Waals surface area contributed by atoms with Gasteiger partial charge < -0.3 is 14.6 Å². The molecule has 1 aliphatic rings. The highest BCUT2D eigenvalue weighted by molar-refractivity contribution is 7.13. The summed E-state index contributed by atoms with van der Waals surface area (Å²) in [4.78, 5) is 40.3. The van der Waals surface area contributed by atoms with Gasteiger partial charge in [-0.2, -0.15) is 4.98 Å². The first kappa shape index (κ1) is 20.0. The Bertz CT molecular complexity index is 799. The van der Waals surface area contributed by atoms with Gasteiger partial charge in [0.15, 0.2) is 6.61 Å². The standard InChI is InChI=1S/C18H22N4O5S/c23-14(20-18(25)19-12-5-2-1-3-6-12)11-26-16(24)9-8-15-21-17(22-27-15)13-7-4-10-28-13/h4,7,10,12H,1-3,5-6,8-9,11H2,(H2,19,20,23,25). The Morgan fingerprint density at radius 3 is 2.82 bits per heavy atom. The molecule has 0 saturated heterocycles. The molecule has 9 nitrogen and oxygen atoms in total. The molecule has 1 fully saturated rings. The van der Waals surface area contributed by atoms with E-state index in [4.69, 9.17) is 9.26 Å². The van der Waals surface area contributed by atoms with Crippen molar-refractivity contribution in [3.63, 3.8) is 0 Å². The Hall–Kier alpha value is -2.75. The molecule has 2 aromatic heterocycles. The molecule has 0 aromatic carbocycles. The summed E-state index contributed by atoms with van der Waals surface area (Å²) in [7, 11) is 0. The van der Waals surface area contributed by atoms with Crippen molar-refractivity contribution in [3.05, 3.63) is 23.4 Å². The molecule has 1 aliphatic carbocycles. The number of ether oxygens (including phenoxy) is 1. The van der Waals surface area contributed by atoms with Crippen LogP contribution in [0.25, 0.3) is 10.7 Å². The van der Waals surface area contributed by atoms with Crippen LogP contribution in [0.4, 0.5) is 4.79 Å². The van der Waals surface area contributed by atoms with Crippen LogP contribution in [-0.4, -0.2) is 40.7 Å². The van der Waals surface area contributed by atoms with E-state index in [-0.39, 0.29) is 18.9 Å². The molecule has 3 amide bonds. The van der Waals surface area contributed by atoms with E-state index in [1.807, 2.05) is 17.5 Å². The summed E-state index contributed by atoms with van der Waals surface area (Å²) >= 11 is 1.49. The fourth-order valence-electron chi connectivity index (χ4n) is 2.92. The first-order valence-corrected chi connectivity index (χ1v) is 10.1. The lowest BCUT2D eigenvalue weighted by Crippen LogP contribution is -2.46. The van der Waals surface area contributed by atoms with Gasteiger partial charge in [0.05, 0.1) is 11.3 Å². The van der Waals surface area contributed by atoms with Crippen molar-refractivity contribution < 1.29 is 23.6 Å². The monoisotopic (exact) mass is 406 g/mol. The molecule has 0 unspecified atom stereocenters. The minimum Gasteiger partial charge on any atom is -0.456 e. The first-order valence-electron chi connectivity index (χ1n) is 9.22. The van der Waals surface area contributed by atoms with Crippen molar-refractivity contribution in [2.45, 2.75) is 51.0 Å². The van der Waals surface area contributed by atoms with Gasteiger partial charge in [-0.3, -0.25) is 14.9 Å². The number of nitrogens with one attached hydrogen (secondary N) is 2. The van der Waals surface area contributed by atoms with E-state index in [1.165, 1.54) is 17.8 Å². The third-order valence-corrected chi connectivity index (χ3v) is 5.18. The highest BCUT2D eigenvalue weighted by Crippen LogP contribution is 2.21. The van der Waals surface area contributed by atoms with Crippen LogP contribution in [0.1, 0.15) is 44.4 Å². The molecule has 3 rings (SSSR count). The second kappa shape index (κ2) is 9.98. The Balaban J connectivity index is 1.32. The molecule has 28 heavy (non-hydrogen) atoms. The number of carbonyl (C=O) groups is 3. The van der Waals surface area contributed by atoms with Crippen LogP contribution in [-0.2, 0) is 20.7 Å². The normalized spacial score (nSPS) is 14.4. The third kappa shape index (κ3) is 6.15. The average molecular weight is 406 g/mol. The molecule has 2 aromatic rings. The highest BCUT2D eigenvalue weighted by Gasteiger charge is 2.18. The van der Waals surface area contributed by atoms with E-state index in [0.29, 0.717) is 11.7 Å². The van der Waals surface area contributed by atoms with Crippen molar-refractivity contribution >= 4 is 29.2 Å². The molecular formula is C18H22N4O5S. The van der Waals surface area contributed by atoms with Gasteiger partial charge in [-0.1, -0.05) is 30.5 Å². The smallest absolute Gasteiger partial charge is 0.321 e. The van der Waals surface area contributed by atoms with Crippen LogP contribution in [0.5, 0.6) is 0 Å². The van der Waals surface area contributed by atoms with Crippen molar-refractivity contribution in [2.75, 3.05) is 6.61 Å². The van der Waals surface area contributed by atoms with Gasteiger partial charge in [0, 0.05) is 12.5 Å². The van der Waals surface area contributed by atoms with Crippen molar-refractivity contribution in [3.8, 4) is 10.7 Å². The maximum absolute atomic E-state index is 11.8. The Labute approximate surface area is 165 Å². The number of aromatic nitrogens is 2.